The first-order chi connectivity index (χ1) is 7.70. The van der Waals surface area contributed by atoms with E-state index in [9.17, 15) is 9.46 Å². The molecule has 0 bridgehead atoms. The molecule has 0 aliphatic heterocycles. The lowest BCUT2D eigenvalue weighted by molar-refractivity contribution is -0.870. The lowest BCUT2D eigenvalue weighted by Gasteiger charge is -2.24. The van der Waals surface area contributed by atoms with Crippen LogP contribution in [0.3, 0.4) is 0 Å². The molecule has 0 fully saturated rings. The van der Waals surface area contributed by atoms with Gasteiger partial charge in [0.2, 0.25) is 0 Å². The zero-order chi connectivity index (χ0) is 13.5. The van der Waals surface area contributed by atoms with Crippen molar-refractivity contribution >= 4 is 7.82 Å². The Morgan fingerprint density at radius 2 is 1.88 bits per heavy atom. The predicted molar refractivity (Wildman–Crippen MR) is 62.5 cm³/mol. The largest absolute Gasteiger partial charge is 0.472 e. The van der Waals surface area contributed by atoms with E-state index in [4.69, 9.17) is 14.4 Å². The summed E-state index contributed by atoms with van der Waals surface area (Å²) < 4.78 is 26.3. The lowest BCUT2D eigenvalue weighted by atomic mass is 10.4. The smallest absolute Gasteiger partial charge is 0.394 e. The van der Waals surface area contributed by atoms with Crippen LogP contribution in [0.4, 0.5) is 0 Å². The van der Waals surface area contributed by atoms with Crippen LogP contribution in [0.5, 0.6) is 0 Å². The highest BCUT2D eigenvalue weighted by Crippen LogP contribution is 2.43. The Morgan fingerprint density at radius 1 is 1.29 bits per heavy atom. The fourth-order valence-corrected chi connectivity index (χ4v) is 1.58. The first kappa shape index (κ1) is 17.0. The number of quaternary nitrogens is 1. The Labute approximate surface area is 102 Å². The normalized spacial score (nSPS) is 17.8. The Hall–Kier alpha value is -0.0100. The maximum absolute atomic E-state index is 11.4. The topological polar surface area (TPSA) is 85.2 Å². The van der Waals surface area contributed by atoms with Gasteiger partial charge in [-0.1, -0.05) is 0 Å². The van der Waals surface area contributed by atoms with Crippen molar-refractivity contribution in [2.45, 2.75) is 6.10 Å². The predicted octanol–water partition coefficient (Wildman–Crippen LogP) is -0.167. The Kier molecular flexibility index (Phi) is 7.43. The van der Waals surface area contributed by atoms with Crippen LogP contribution in [0.2, 0.25) is 0 Å². The van der Waals surface area contributed by atoms with Gasteiger partial charge >= 0.3 is 7.82 Å². The van der Waals surface area contributed by atoms with E-state index >= 15 is 0 Å². The van der Waals surface area contributed by atoms with E-state index in [1.54, 1.807) is 0 Å². The number of phosphoric ester groups is 1. The van der Waals surface area contributed by atoms with Gasteiger partial charge in [0, 0.05) is 7.11 Å². The van der Waals surface area contributed by atoms with Gasteiger partial charge in [-0.3, -0.25) is 9.05 Å². The van der Waals surface area contributed by atoms with E-state index in [-0.39, 0.29) is 19.8 Å². The second-order valence-electron chi connectivity index (χ2n) is 4.65. The minimum Gasteiger partial charge on any atom is -0.394 e. The molecule has 0 aromatic carbocycles. The van der Waals surface area contributed by atoms with Crippen molar-refractivity contribution in [1.29, 1.82) is 0 Å². The highest BCUT2D eigenvalue weighted by atomic mass is 31.2. The molecule has 104 valence electrons. The number of methoxy groups -OCH3 is 1. The van der Waals surface area contributed by atoms with Gasteiger partial charge in [-0.05, 0) is 0 Å². The average molecular weight is 272 g/mol. The van der Waals surface area contributed by atoms with Gasteiger partial charge in [-0.25, -0.2) is 4.57 Å². The molecule has 8 heteroatoms. The van der Waals surface area contributed by atoms with Crippen molar-refractivity contribution in [3.8, 4) is 0 Å². The first-order valence-electron chi connectivity index (χ1n) is 5.26. The number of hydrogen-bond acceptors (Lipinski definition) is 5. The highest BCUT2D eigenvalue weighted by Gasteiger charge is 2.24. The summed E-state index contributed by atoms with van der Waals surface area (Å²) in [5.74, 6) is 0. The van der Waals surface area contributed by atoms with Gasteiger partial charge in [-0.15, -0.1) is 0 Å². The summed E-state index contributed by atoms with van der Waals surface area (Å²) in [5.41, 5.74) is 0. The van der Waals surface area contributed by atoms with Crippen LogP contribution in [-0.4, -0.2) is 75.2 Å². The third-order valence-corrected chi connectivity index (χ3v) is 2.96. The fraction of sp³-hybridized carbons (Fsp3) is 1.00. The van der Waals surface area contributed by atoms with Gasteiger partial charge in [0.1, 0.15) is 19.3 Å². The molecule has 0 rings (SSSR count). The summed E-state index contributed by atoms with van der Waals surface area (Å²) in [4.78, 5) is 9.32. The Bertz CT molecular complexity index is 250. The van der Waals surface area contributed by atoms with Gasteiger partial charge in [0.15, 0.2) is 0 Å². The third kappa shape index (κ3) is 9.67. The molecule has 0 saturated carbocycles. The number of ether oxygens (including phenoxy) is 1. The van der Waals surface area contributed by atoms with Crippen LogP contribution in [0.25, 0.3) is 0 Å². The second kappa shape index (κ2) is 7.43. The van der Waals surface area contributed by atoms with Crippen LogP contribution < -0.4 is 0 Å². The molecule has 0 heterocycles. The summed E-state index contributed by atoms with van der Waals surface area (Å²) in [6.45, 7) is 0.232. The summed E-state index contributed by atoms with van der Waals surface area (Å²) in [6, 6.07) is 0. The monoisotopic (exact) mass is 272 g/mol. The molecule has 0 spiro atoms. The van der Waals surface area contributed by atoms with Gasteiger partial charge < -0.3 is 19.2 Å². The number of phosphoric acid groups is 1. The number of aliphatic hydroxyl groups is 1. The Balaban J connectivity index is 3.92. The minimum atomic E-state index is -4.06. The maximum Gasteiger partial charge on any atom is 0.472 e. The van der Waals surface area contributed by atoms with Crippen molar-refractivity contribution in [3.05, 3.63) is 0 Å². The molecule has 2 N–H and O–H groups in total. The molecule has 0 amide bonds. The quantitative estimate of drug-likeness (QED) is 0.448. The van der Waals surface area contributed by atoms with E-state index in [2.05, 4.69) is 4.52 Å². The summed E-state index contributed by atoms with van der Waals surface area (Å²) in [6.07, 6.45) is -0.627. The molecule has 0 aliphatic carbocycles. The van der Waals surface area contributed by atoms with Crippen molar-refractivity contribution < 1.29 is 32.8 Å². The zero-order valence-corrected chi connectivity index (χ0v) is 11.7. The minimum absolute atomic E-state index is 0.119. The summed E-state index contributed by atoms with van der Waals surface area (Å²) in [7, 11) is 3.15. The second-order valence-corrected chi connectivity index (χ2v) is 6.11. The molecule has 0 radical (unpaired) electrons. The van der Waals surface area contributed by atoms with Crippen LogP contribution in [-0.2, 0) is 18.3 Å². The highest BCUT2D eigenvalue weighted by molar-refractivity contribution is 7.47. The van der Waals surface area contributed by atoms with E-state index in [1.807, 2.05) is 21.1 Å². The summed E-state index contributed by atoms with van der Waals surface area (Å²) >= 11 is 0. The van der Waals surface area contributed by atoms with Gasteiger partial charge in [-0.2, -0.15) is 0 Å². The van der Waals surface area contributed by atoms with Crippen molar-refractivity contribution in [2.24, 2.45) is 0 Å². The standard InChI is InChI=1S/C9H22NO6P/c1-10(2,3)5-6-15-17(12,13)16-8-9(7-11)14-4/h9,11H,5-8H2,1-4H3/p+1/t9-/m1/s1. The first-order valence-corrected chi connectivity index (χ1v) is 6.76. The van der Waals surface area contributed by atoms with Crippen molar-refractivity contribution in [1.82, 2.24) is 0 Å². The molecule has 0 aromatic heterocycles. The van der Waals surface area contributed by atoms with Crippen LogP contribution in [0.1, 0.15) is 0 Å². The molecule has 0 saturated heterocycles. The number of hydrogen-bond donors (Lipinski definition) is 2. The third-order valence-electron chi connectivity index (χ3n) is 1.98. The lowest BCUT2D eigenvalue weighted by Crippen LogP contribution is -2.37. The number of likely N-dealkylation sites (N-methyl/N-ethyl adjacent to an activating group) is 1. The SMILES string of the molecule is CO[C@H](CO)COP(=O)(O)OCC[N+](C)(C)C. The van der Waals surface area contributed by atoms with Gasteiger partial charge in [0.05, 0.1) is 34.4 Å². The summed E-state index contributed by atoms with van der Waals surface area (Å²) in [5, 5.41) is 8.79. The maximum atomic E-state index is 11.4. The molecule has 1 unspecified atom stereocenters. The molecule has 7 nitrogen and oxygen atoms in total. The number of aliphatic hydroxyl groups excluding tert-OH is 1. The molecular weight excluding hydrogens is 249 g/mol. The van der Waals surface area contributed by atoms with E-state index in [0.717, 1.165) is 0 Å². The van der Waals surface area contributed by atoms with Crippen LogP contribution >= 0.6 is 7.82 Å². The fourth-order valence-electron chi connectivity index (χ4n) is 0.840. The molecule has 0 aromatic rings. The van der Waals surface area contributed by atoms with E-state index in [0.29, 0.717) is 11.0 Å². The van der Waals surface area contributed by atoms with Crippen LogP contribution in [0, 0.1) is 0 Å². The van der Waals surface area contributed by atoms with Gasteiger partial charge in [0.25, 0.3) is 0 Å². The van der Waals surface area contributed by atoms with E-state index in [1.165, 1.54) is 7.11 Å². The van der Waals surface area contributed by atoms with Crippen molar-refractivity contribution in [3.63, 3.8) is 0 Å². The molecule has 0 aliphatic rings. The zero-order valence-electron chi connectivity index (χ0n) is 10.8. The molecule has 17 heavy (non-hydrogen) atoms. The van der Waals surface area contributed by atoms with E-state index < -0.39 is 13.9 Å². The molecule has 2 atom stereocenters. The Morgan fingerprint density at radius 3 is 2.29 bits per heavy atom. The van der Waals surface area contributed by atoms with Crippen LogP contribution in [0.15, 0.2) is 0 Å². The van der Waals surface area contributed by atoms with Crippen molar-refractivity contribution in [2.75, 3.05) is 54.6 Å². The number of rotatable bonds is 9. The number of nitrogens with zero attached hydrogens (tertiary/aromatic N) is 1. The molecular formula is C9H23NO6P+. The average Bonchev–Trinajstić information content (AvgIpc) is 2.16.